The Kier molecular flexibility index (Phi) is 7.96. The smallest absolute Gasteiger partial charge is 0.352 e. The van der Waals surface area contributed by atoms with Gasteiger partial charge in [-0.25, -0.2) is 4.79 Å². The van der Waals surface area contributed by atoms with E-state index in [4.69, 9.17) is 30.5 Å². The van der Waals surface area contributed by atoms with E-state index in [1.807, 2.05) is 6.07 Å². The molecule has 1 aromatic rings. The van der Waals surface area contributed by atoms with Crippen molar-refractivity contribution in [2.75, 3.05) is 53.2 Å². The molecular formula is C19H26ClNO5S. The van der Waals surface area contributed by atoms with E-state index in [1.165, 1.54) is 11.3 Å². The summed E-state index contributed by atoms with van der Waals surface area (Å²) >= 11 is 7.37. The van der Waals surface area contributed by atoms with Crippen LogP contribution in [0.4, 0.5) is 0 Å². The van der Waals surface area contributed by atoms with E-state index in [2.05, 4.69) is 11.0 Å². The minimum atomic E-state index is -0.344. The van der Waals surface area contributed by atoms with E-state index in [-0.39, 0.29) is 5.97 Å². The van der Waals surface area contributed by atoms with E-state index in [1.54, 1.807) is 7.11 Å². The summed E-state index contributed by atoms with van der Waals surface area (Å²) in [7, 11) is 1.56. The van der Waals surface area contributed by atoms with Crippen LogP contribution in [0.2, 0.25) is 0 Å². The van der Waals surface area contributed by atoms with Crippen LogP contribution in [0.3, 0.4) is 0 Å². The Labute approximate surface area is 169 Å². The average Bonchev–Trinajstić information content (AvgIpc) is 3.28. The van der Waals surface area contributed by atoms with Crippen LogP contribution in [0.25, 0.3) is 0 Å². The van der Waals surface area contributed by atoms with Gasteiger partial charge in [0.05, 0.1) is 33.5 Å². The van der Waals surface area contributed by atoms with Crippen LogP contribution in [-0.2, 0) is 20.8 Å². The lowest BCUT2D eigenvalue weighted by Gasteiger charge is -2.26. The quantitative estimate of drug-likeness (QED) is 0.577. The third kappa shape index (κ3) is 6.19. The first-order chi connectivity index (χ1) is 13.2. The number of hydrogen-bond donors (Lipinski definition) is 0. The molecule has 0 spiro atoms. The Morgan fingerprint density at radius 3 is 2.93 bits per heavy atom. The molecule has 8 heteroatoms. The maximum absolute atomic E-state index is 12.4. The predicted octanol–water partition coefficient (Wildman–Crippen LogP) is 3.30. The molecule has 1 fully saturated rings. The number of hydrogen-bond acceptors (Lipinski definition) is 7. The Morgan fingerprint density at radius 2 is 2.22 bits per heavy atom. The molecule has 6 nitrogen and oxygen atoms in total. The molecule has 27 heavy (non-hydrogen) atoms. The van der Waals surface area contributed by atoms with Crippen molar-refractivity contribution in [1.82, 2.24) is 4.90 Å². The van der Waals surface area contributed by atoms with Gasteiger partial charge in [0.25, 0.3) is 0 Å². The number of thiophene rings is 1. The van der Waals surface area contributed by atoms with Crippen molar-refractivity contribution in [2.24, 2.45) is 5.92 Å². The molecule has 2 aliphatic rings. The van der Waals surface area contributed by atoms with Gasteiger partial charge in [0.2, 0.25) is 0 Å². The molecule has 0 bridgehead atoms. The first kappa shape index (κ1) is 20.6. The van der Waals surface area contributed by atoms with Crippen LogP contribution >= 0.6 is 22.9 Å². The van der Waals surface area contributed by atoms with Gasteiger partial charge in [-0.15, -0.1) is 11.3 Å². The van der Waals surface area contributed by atoms with Gasteiger partial charge in [-0.2, -0.15) is 0 Å². The van der Waals surface area contributed by atoms with Crippen molar-refractivity contribution in [1.29, 1.82) is 0 Å². The Hall–Kier alpha value is -1.12. The first-order valence-corrected chi connectivity index (χ1v) is 10.4. The van der Waals surface area contributed by atoms with Gasteiger partial charge in [-0.05, 0) is 24.8 Å². The van der Waals surface area contributed by atoms with Gasteiger partial charge in [0.1, 0.15) is 12.4 Å². The topological polar surface area (TPSA) is 57.2 Å². The fourth-order valence-electron chi connectivity index (χ4n) is 3.14. The highest BCUT2D eigenvalue weighted by Gasteiger charge is 2.20. The number of ether oxygens (including phenoxy) is 4. The zero-order valence-corrected chi connectivity index (χ0v) is 17.2. The Balaban J connectivity index is 1.44. The Bertz CT molecular complexity index is 657. The van der Waals surface area contributed by atoms with Crippen LogP contribution in [0.1, 0.15) is 27.4 Å². The first-order valence-electron chi connectivity index (χ1n) is 9.22. The standard InChI is InChI=1S/C19H26ClNO5S/c1-23-17-11-16(13-25-12-14-2-3-15(20)10-14)27-18(17)19(22)26-9-6-21-4-7-24-8-5-21/h3,11,14H,2,4-10,12-13H2,1H3/t14-/m0/s1. The maximum Gasteiger partial charge on any atom is 0.352 e. The zero-order chi connectivity index (χ0) is 19.1. The third-order valence-corrected chi connectivity index (χ3v) is 6.03. The second kappa shape index (κ2) is 10.4. The van der Waals surface area contributed by atoms with E-state index in [0.717, 1.165) is 55.6 Å². The van der Waals surface area contributed by atoms with Gasteiger partial charge in [-0.3, -0.25) is 4.90 Å². The lowest BCUT2D eigenvalue weighted by Crippen LogP contribution is -2.38. The second-order valence-corrected chi connectivity index (χ2v) is 8.29. The Morgan fingerprint density at radius 1 is 1.41 bits per heavy atom. The highest BCUT2D eigenvalue weighted by Crippen LogP contribution is 2.31. The molecule has 0 N–H and O–H groups in total. The molecule has 1 aromatic heterocycles. The molecule has 0 saturated carbocycles. The summed E-state index contributed by atoms with van der Waals surface area (Å²) in [6.07, 6.45) is 3.90. The van der Waals surface area contributed by atoms with Gasteiger partial charge in [0, 0.05) is 29.5 Å². The number of carbonyl (C=O) groups excluding carboxylic acids is 1. The lowest BCUT2D eigenvalue weighted by molar-refractivity contribution is 0.0196. The lowest BCUT2D eigenvalue weighted by atomic mass is 10.1. The molecule has 3 rings (SSSR count). The fourth-order valence-corrected chi connectivity index (χ4v) is 4.40. The van der Waals surface area contributed by atoms with Crippen molar-refractivity contribution in [3.8, 4) is 5.75 Å². The summed E-state index contributed by atoms with van der Waals surface area (Å²) in [4.78, 5) is 16.1. The van der Waals surface area contributed by atoms with E-state index in [9.17, 15) is 4.79 Å². The number of allylic oxidation sites excluding steroid dienone is 2. The monoisotopic (exact) mass is 415 g/mol. The molecule has 0 aromatic carbocycles. The highest BCUT2D eigenvalue weighted by atomic mass is 35.5. The summed E-state index contributed by atoms with van der Waals surface area (Å²) in [5, 5.41) is 0.920. The van der Waals surface area contributed by atoms with Gasteiger partial charge in [0.15, 0.2) is 4.88 Å². The summed E-state index contributed by atoms with van der Waals surface area (Å²) in [5.74, 6) is 0.646. The zero-order valence-electron chi connectivity index (χ0n) is 15.6. The predicted molar refractivity (Wildman–Crippen MR) is 105 cm³/mol. The largest absolute Gasteiger partial charge is 0.495 e. The van der Waals surface area contributed by atoms with Crippen molar-refractivity contribution in [3.63, 3.8) is 0 Å². The molecule has 1 atom stereocenters. The molecule has 150 valence electrons. The number of esters is 1. The number of nitrogens with zero attached hydrogens (tertiary/aromatic N) is 1. The van der Waals surface area contributed by atoms with Crippen LogP contribution in [-0.4, -0.2) is 64.0 Å². The molecule has 1 aliphatic heterocycles. The van der Waals surface area contributed by atoms with Crippen LogP contribution in [0, 0.1) is 5.92 Å². The van der Waals surface area contributed by atoms with Crippen LogP contribution < -0.4 is 4.74 Å². The molecule has 0 radical (unpaired) electrons. The van der Waals surface area contributed by atoms with Crippen LogP contribution in [0.5, 0.6) is 5.75 Å². The van der Waals surface area contributed by atoms with E-state index in [0.29, 0.717) is 36.4 Å². The number of morpholine rings is 1. The SMILES string of the molecule is COc1cc(COC[C@H]2CC=C(Cl)C2)sc1C(=O)OCCN1CCOCC1. The number of carbonyl (C=O) groups is 1. The van der Waals surface area contributed by atoms with Gasteiger partial charge in [-0.1, -0.05) is 17.7 Å². The third-order valence-electron chi connectivity index (χ3n) is 4.65. The summed E-state index contributed by atoms with van der Waals surface area (Å²) in [5.41, 5.74) is 0. The van der Waals surface area contributed by atoms with Crippen molar-refractivity contribution < 1.29 is 23.7 Å². The second-order valence-electron chi connectivity index (χ2n) is 6.67. The molecule has 0 unspecified atom stereocenters. The number of methoxy groups -OCH3 is 1. The van der Waals surface area contributed by atoms with Gasteiger partial charge < -0.3 is 18.9 Å². The number of rotatable bonds is 9. The molecule has 1 saturated heterocycles. The molecular weight excluding hydrogens is 390 g/mol. The van der Waals surface area contributed by atoms with E-state index < -0.39 is 0 Å². The summed E-state index contributed by atoms with van der Waals surface area (Å²) in [6.45, 7) is 5.42. The molecule has 2 heterocycles. The fraction of sp³-hybridized carbons (Fsp3) is 0.632. The maximum atomic E-state index is 12.4. The average molecular weight is 416 g/mol. The summed E-state index contributed by atoms with van der Waals surface area (Å²) < 4.78 is 21.9. The van der Waals surface area contributed by atoms with Crippen molar-refractivity contribution in [3.05, 3.63) is 26.9 Å². The molecule has 1 aliphatic carbocycles. The van der Waals surface area contributed by atoms with Gasteiger partial charge >= 0.3 is 5.97 Å². The van der Waals surface area contributed by atoms with E-state index >= 15 is 0 Å². The molecule has 0 amide bonds. The minimum Gasteiger partial charge on any atom is -0.495 e. The van der Waals surface area contributed by atoms with Crippen molar-refractivity contribution in [2.45, 2.75) is 19.4 Å². The summed E-state index contributed by atoms with van der Waals surface area (Å²) in [6, 6.07) is 1.85. The minimum absolute atomic E-state index is 0.344. The van der Waals surface area contributed by atoms with Crippen LogP contribution in [0.15, 0.2) is 17.2 Å². The number of halogens is 1. The normalized spacial score (nSPS) is 20.5. The highest BCUT2D eigenvalue weighted by molar-refractivity contribution is 7.14. The van der Waals surface area contributed by atoms with Crippen molar-refractivity contribution >= 4 is 28.9 Å².